The number of hydrogen-bond donors (Lipinski definition) is 3. The van der Waals surface area contributed by atoms with E-state index >= 15 is 0 Å². The molecule has 0 amide bonds. The first-order chi connectivity index (χ1) is 10.8. The summed E-state index contributed by atoms with van der Waals surface area (Å²) in [5, 5.41) is -0.505. The maximum atomic E-state index is 11.7. The van der Waals surface area contributed by atoms with Gasteiger partial charge < -0.3 is 0 Å². The van der Waals surface area contributed by atoms with Gasteiger partial charge in [0.2, 0.25) is 0 Å². The molecule has 13 heteroatoms. The predicted octanol–water partition coefficient (Wildman–Crippen LogP) is 0.307. The minimum atomic E-state index is -5.48. The molecule has 0 spiro atoms. The third kappa shape index (κ3) is 4.23. The van der Waals surface area contributed by atoms with Gasteiger partial charge in [0.15, 0.2) is 0 Å². The van der Waals surface area contributed by atoms with Crippen molar-refractivity contribution in [3.63, 3.8) is 0 Å². The molecule has 0 radical (unpaired) electrons. The number of rotatable bonds is 4. The van der Waals surface area contributed by atoms with Crippen LogP contribution >= 0.6 is 0 Å². The van der Waals surface area contributed by atoms with Crippen molar-refractivity contribution in [1.82, 2.24) is 0 Å². The third-order valence-electron chi connectivity index (χ3n) is 3.10. The zero-order valence-electron chi connectivity index (χ0n) is 11.6. The molecule has 9 nitrogen and oxygen atoms in total. The summed E-state index contributed by atoms with van der Waals surface area (Å²) in [5.74, 6) is 0. The van der Waals surface area contributed by atoms with Crippen LogP contribution in [0.3, 0.4) is 0 Å². The molecule has 0 saturated carbocycles. The normalized spacial score (nSPS) is 12.6. The fourth-order valence-corrected chi connectivity index (χ4v) is 5.95. The second-order valence-corrected chi connectivity index (χ2v) is 8.65. The summed E-state index contributed by atoms with van der Waals surface area (Å²) in [6.07, 6.45) is 0.869. The van der Waals surface area contributed by atoms with E-state index in [-0.39, 0.29) is 48.5 Å². The monoisotopic (exact) mass is 436 g/mol. The van der Waals surface area contributed by atoms with Gasteiger partial charge in [-0.3, -0.25) is 13.7 Å². The summed E-state index contributed by atoms with van der Waals surface area (Å²) in [7, 11) is -16.1. The van der Waals surface area contributed by atoms with Gasteiger partial charge >= 0.3 is 37.7 Å². The van der Waals surface area contributed by atoms with E-state index in [0.717, 1.165) is 12.1 Å². The molecule has 2 aromatic carbocycles. The Morgan fingerprint density at radius 2 is 1.12 bits per heavy atom. The summed E-state index contributed by atoms with van der Waals surface area (Å²) in [4.78, 5) is -4.41. The molecule has 0 fully saturated rings. The van der Waals surface area contributed by atoms with Gasteiger partial charge in [0, 0.05) is 10.9 Å². The van der Waals surface area contributed by atoms with Crippen LogP contribution in [0.1, 0.15) is 5.56 Å². The van der Waals surface area contributed by atoms with Crippen molar-refractivity contribution in [3.8, 4) is 0 Å². The van der Waals surface area contributed by atoms with Crippen molar-refractivity contribution in [3.05, 3.63) is 36.4 Å². The van der Waals surface area contributed by atoms with Gasteiger partial charge in [-0.15, -0.1) is 0 Å². The molecule has 0 heterocycles. The van der Waals surface area contributed by atoms with Crippen molar-refractivity contribution >= 4 is 84.9 Å². The van der Waals surface area contributed by atoms with Crippen LogP contribution in [0.15, 0.2) is 45.5 Å². The summed E-state index contributed by atoms with van der Waals surface area (Å²) >= 11 is 0. The number of benzene rings is 2. The Bertz CT molecular complexity index is 1180. The van der Waals surface area contributed by atoms with Crippen LogP contribution in [-0.2, 0) is 30.4 Å². The SMILES string of the molecule is C=Cc1c(S(=O)(=O)O)c(S(=O)(=O)O)c(S(=O)(=O)O)c2ccccc12.[CaH2]. The average molecular weight is 436 g/mol. The van der Waals surface area contributed by atoms with E-state index < -0.39 is 50.6 Å². The van der Waals surface area contributed by atoms with Crippen molar-refractivity contribution in [2.75, 3.05) is 0 Å². The van der Waals surface area contributed by atoms with Gasteiger partial charge in [0.25, 0.3) is 30.4 Å². The molecule has 0 aliphatic rings. The summed E-state index contributed by atoms with van der Waals surface area (Å²) in [5.41, 5.74) is -0.451. The van der Waals surface area contributed by atoms with Crippen LogP contribution in [-0.4, -0.2) is 76.6 Å². The van der Waals surface area contributed by atoms with Gasteiger partial charge in [-0.25, -0.2) is 0 Å². The van der Waals surface area contributed by atoms with Gasteiger partial charge in [0.1, 0.15) is 14.7 Å². The van der Waals surface area contributed by atoms with Crippen LogP contribution in [0.2, 0.25) is 0 Å². The van der Waals surface area contributed by atoms with Gasteiger partial charge in [0.05, 0.1) is 0 Å². The summed E-state index contributed by atoms with van der Waals surface area (Å²) in [6.45, 7) is 3.31. The topological polar surface area (TPSA) is 163 Å². The Hall–Kier alpha value is -0.570. The second-order valence-electron chi connectivity index (χ2n) is 4.58. The zero-order valence-corrected chi connectivity index (χ0v) is 14.1. The van der Waals surface area contributed by atoms with Crippen LogP contribution in [0.4, 0.5) is 0 Å². The molecule has 0 atom stereocenters. The van der Waals surface area contributed by atoms with Crippen molar-refractivity contribution in [2.45, 2.75) is 14.7 Å². The zero-order chi connectivity index (χ0) is 18.5. The van der Waals surface area contributed by atoms with Crippen molar-refractivity contribution in [1.29, 1.82) is 0 Å². The van der Waals surface area contributed by atoms with Gasteiger partial charge in [-0.2, -0.15) is 25.3 Å². The molecule has 0 aliphatic carbocycles. The Balaban J connectivity index is 0.00000312. The molecule has 0 aromatic heterocycles. The minimum absolute atomic E-state index is 0. The van der Waals surface area contributed by atoms with E-state index in [0.29, 0.717) is 0 Å². The molecule has 0 bridgehead atoms. The first-order valence-corrected chi connectivity index (χ1v) is 10.3. The Morgan fingerprint density at radius 3 is 1.48 bits per heavy atom. The molecule has 2 aromatic rings. The molecule has 2 rings (SSSR count). The third-order valence-corrected chi connectivity index (χ3v) is 6.16. The van der Waals surface area contributed by atoms with Crippen LogP contribution < -0.4 is 0 Å². The van der Waals surface area contributed by atoms with Gasteiger partial charge in [-0.1, -0.05) is 36.9 Å². The Labute approximate surface area is 173 Å². The molecule has 3 N–H and O–H groups in total. The molecule has 0 aliphatic heterocycles. The van der Waals surface area contributed by atoms with E-state index in [1.807, 2.05) is 0 Å². The summed E-state index contributed by atoms with van der Waals surface area (Å²) in [6, 6.07) is 4.99. The molecule has 0 unspecified atom stereocenters. The fourth-order valence-electron chi connectivity index (χ4n) is 2.34. The molecule has 25 heavy (non-hydrogen) atoms. The molecular weight excluding hydrogens is 424 g/mol. The van der Waals surface area contributed by atoms with Crippen LogP contribution in [0, 0.1) is 0 Å². The van der Waals surface area contributed by atoms with E-state index in [4.69, 9.17) is 0 Å². The number of fused-ring (bicyclic) bond motifs is 1. The van der Waals surface area contributed by atoms with Gasteiger partial charge in [-0.05, 0) is 5.39 Å². The van der Waals surface area contributed by atoms with Crippen LogP contribution in [0.25, 0.3) is 16.8 Å². The maximum absolute atomic E-state index is 11.7. The first kappa shape index (κ1) is 22.5. The summed E-state index contributed by atoms with van der Waals surface area (Å²) < 4.78 is 98.0. The van der Waals surface area contributed by atoms with Crippen LogP contribution in [0.5, 0.6) is 0 Å². The Morgan fingerprint density at radius 1 is 0.720 bits per heavy atom. The second kappa shape index (κ2) is 7.21. The quantitative estimate of drug-likeness (QED) is 0.452. The average Bonchev–Trinajstić information content (AvgIpc) is 2.41. The Kier molecular flexibility index (Phi) is 6.48. The first-order valence-electron chi connectivity index (χ1n) is 5.93. The van der Waals surface area contributed by atoms with Crippen molar-refractivity contribution < 1.29 is 38.9 Å². The fraction of sp³-hybridized carbons (Fsp3) is 0. The van der Waals surface area contributed by atoms with Crippen molar-refractivity contribution in [2.24, 2.45) is 0 Å². The molecule has 0 saturated heterocycles. The van der Waals surface area contributed by atoms with E-state index in [1.165, 1.54) is 18.2 Å². The number of hydrogen-bond acceptors (Lipinski definition) is 6. The van der Waals surface area contributed by atoms with E-state index in [9.17, 15) is 38.9 Å². The van der Waals surface area contributed by atoms with E-state index in [1.54, 1.807) is 0 Å². The molecular formula is C12H12CaO9S3. The standard InChI is InChI=1S/C12H10O9S3.Ca.2H/c1-2-7-8-5-3-4-6-9(8)11(23(16,17)18)12(24(19,20)21)10(7)22(13,14)15;;;/h2-6H,1H2,(H,13,14,15)(H,16,17,18)(H,19,20,21);;;. The van der Waals surface area contributed by atoms with E-state index in [2.05, 4.69) is 6.58 Å². The predicted molar refractivity (Wildman–Crippen MR) is 92.0 cm³/mol. The molecule has 134 valence electrons.